The molecule has 0 amide bonds. The Bertz CT molecular complexity index is 958. The van der Waals surface area contributed by atoms with E-state index in [1.165, 1.54) is 5.56 Å². The van der Waals surface area contributed by atoms with E-state index in [4.69, 9.17) is 28.0 Å². The molecule has 0 atom stereocenters. The Hall–Kier alpha value is -2.21. The molecule has 3 rings (SSSR count). The van der Waals surface area contributed by atoms with Crippen molar-refractivity contribution in [2.24, 2.45) is 5.16 Å². The second-order valence-electron chi connectivity index (χ2n) is 5.88. The third-order valence-electron chi connectivity index (χ3n) is 3.86. The monoisotopic (exact) mass is 431 g/mol. The van der Waals surface area contributed by atoms with Crippen molar-refractivity contribution in [2.75, 3.05) is 5.75 Å². The molecule has 1 aromatic heterocycles. The van der Waals surface area contributed by atoms with E-state index >= 15 is 0 Å². The summed E-state index contributed by atoms with van der Waals surface area (Å²) in [6.07, 6.45) is 5.31. The normalized spacial score (nSPS) is 11.1. The molecule has 3 aromatic rings. The van der Waals surface area contributed by atoms with Crippen LogP contribution in [0.25, 0.3) is 0 Å². The van der Waals surface area contributed by atoms with Gasteiger partial charge in [-0.2, -0.15) is 0 Å². The first-order valence-corrected chi connectivity index (χ1v) is 10.3. The Labute approximate surface area is 178 Å². The van der Waals surface area contributed by atoms with E-state index in [0.29, 0.717) is 16.6 Å². The average molecular weight is 432 g/mol. The minimum atomic E-state index is 0.261. The van der Waals surface area contributed by atoms with Gasteiger partial charge in [0.05, 0.1) is 24.7 Å². The molecule has 144 valence electrons. The van der Waals surface area contributed by atoms with Crippen LogP contribution in [-0.2, 0) is 18.0 Å². The first kappa shape index (κ1) is 20.5. The average Bonchev–Trinajstić information content (AvgIpc) is 3.07. The molecule has 0 unspecified atom stereocenters. The van der Waals surface area contributed by atoms with Gasteiger partial charge < -0.3 is 9.40 Å². The predicted molar refractivity (Wildman–Crippen MR) is 118 cm³/mol. The minimum Gasteiger partial charge on any atom is -0.391 e. The van der Waals surface area contributed by atoms with Gasteiger partial charge in [-0.25, -0.2) is 4.98 Å². The highest BCUT2D eigenvalue weighted by Gasteiger charge is 2.10. The zero-order chi connectivity index (χ0) is 19.8. The maximum Gasteiger partial charge on any atom is 0.169 e. The van der Waals surface area contributed by atoms with Gasteiger partial charge in [-0.1, -0.05) is 82.6 Å². The van der Waals surface area contributed by atoms with Gasteiger partial charge in [-0.05, 0) is 17.7 Å². The van der Waals surface area contributed by atoms with Crippen LogP contribution in [0.5, 0.6) is 0 Å². The van der Waals surface area contributed by atoms with Crippen molar-refractivity contribution in [3.05, 3.63) is 94.2 Å². The Balaban J connectivity index is 1.72. The van der Waals surface area contributed by atoms with E-state index < -0.39 is 0 Å². The molecule has 7 heteroatoms. The molecule has 0 aliphatic heterocycles. The third-order valence-corrected chi connectivity index (χ3v) is 5.43. The van der Waals surface area contributed by atoms with Crippen LogP contribution in [-0.4, -0.2) is 21.5 Å². The van der Waals surface area contributed by atoms with Gasteiger partial charge >= 0.3 is 0 Å². The number of aromatic nitrogens is 2. The van der Waals surface area contributed by atoms with Gasteiger partial charge in [0, 0.05) is 21.4 Å². The van der Waals surface area contributed by atoms with E-state index in [2.05, 4.69) is 33.4 Å². The molecule has 0 aliphatic rings. The van der Waals surface area contributed by atoms with Gasteiger partial charge in [0.15, 0.2) is 5.16 Å². The van der Waals surface area contributed by atoms with Crippen molar-refractivity contribution < 1.29 is 4.84 Å². The Morgan fingerprint density at radius 2 is 2.00 bits per heavy atom. The highest BCUT2D eigenvalue weighted by molar-refractivity contribution is 7.99. The minimum absolute atomic E-state index is 0.261. The molecule has 0 radical (unpaired) electrons. The Morgan fingerprint density at radius 3 is 2.75 bits per heavy atom. The molecule has 4 nitrogen and oxygen atoms in total. The molecule has 1 heterocycles. The van der Waals surface area contributed by atoms with Crippen LogP contribution in [0, 0.1) is 0 Å². The van der Waals surface area contributed by atoms with Gasteiger partial charge in [0.25, 0.3) is 0 Å². The lowest BCUT2D eigenvalue weighted by molar-refractivity contribution is 0.132. The molecule has 28 heavy (non-hydrogen) atoms. The fourth-order valence-electron chi connectivity index (χ4n) is 2.48. The van der Waals surface area contributed by atoms with Crippen LogP contribution in [0.2, 0.25) is 10.0 Å². The summed E-state index contributed by atoms with van der Waals surface area (Å²) >= 11 is 13.7. The molecule has 0 saturated carbocycles. The quantitative estimate of drug-likeness (QED) is 0.178. The van der Waals surface area contributed by atoms with Crippen LogP contribution in [0.15, 0.2) is 77.7 Å². The summed E-state index contributed by atoms with van der Waals surface area (Å²) in [6, 6.07) is 15.5. The van der Waals surface area contributed by atoms with Crippen LogP contribution < -0.4 is 0 Å². The van der Waals surface area contributed by atoms with Crippen molar-refractivity contribution >= 4 is 41.2 Å². The van der Waals surface area contributed by atoms with E-state index in [0.717, 1.165) is 22.2 Å². The summed E-state index contributed by atoms with van der Waals surface area (Å²) in [6.45, 7) is 4.74. The molecular weight excluding hydrogens is 413 g/mol. The zero-order valence-electron chi connectivity index (χ0n) is 15.1. The molecule has 0 saturated heterocycles. The first-order chi connectivity index (χ1) is 13.7. The highest BCUT2D eigenvalue weighted by atomic mass is 35.5. The maximum absolute atomic E-state index is 6.15. The largest absolute Gasteiger partial charge is 0.391 e. The molecule has 0 aliphatic carbocycles. The molecule has 0 bridgehead atoms. The van der Waals surface area contributed by atoms with Crippen molar-refractivity contribution in [1.82, 2.24) is 9.55 Å². The third kappa shape index (κ3) is 5.64. The second kappa shape index (κ2) is 10.4. The summed E-state index contributed by atoms with van der Waals surface area (Å²) in [5, 5.41) is 6.14. The van der Waals surface area contributed by atoms with Crippen LogP contribution in [0.3, 0.4) is 0 Å². The summed E-state index contributed by atoms with van der Waals surface area (Å²) < 4.78 is 2.10. The highest BCUT2D eigenvalue weighted by Crippen LogP contribution is 2.22. The number of imidazole rings is 1. The van der Waals surface area contributed by atoms with Gasteiger partial charge in [-0.3, -0.25) is 0 Å². The zero-order valence-corrected chi connectivity index (χ0v) is 17.4. The first-order valence-electron chi connectivity index (χ1n) is 8.60. The fourth-order valence-corrected chi connectivity index (χ4v) is 3.67. The second-order valence-corrected chi connectivity index (χ2v) is 7.71. The molecule has 0 N–H and O–H groups in total. The fraction of sp³-hybridized carbons (Fsp3) is 0.143. The van der Waals surface area contributed by atoms with Crippen molar-refractivity contribution in [3.63, 3.8) is 0 Å². The SMILES string of the molecule is C=CCSc1ncc(C=NOCc2ccc(Cl)cc2Cl)n1Cc1ccccc1. The number of benzene rings is 2. The number of thioether (sulfide) groups is 1. The Morgan fingerprint density at radius 1 is 1.18 bits per heavy atom. The van der Waals surface area contributed by atoms with E-state index in [1.807, 2.05) is 30.3 Å². The number of nitrogens with zero attached hydrogens (tertiary/aromatic N) is 3. The van der Waals surface area contributed by atoms with Crippen molar-refractivity contribution in [1.29, 1.82) is 0 Å². The predicted octanol–water partition coefficient (Wildman–Crippen LogP) is 6.07. The summed E-state index contributed by atoms with van der Waals surface area (Å²) in [7, 11) is 0. The van der Waals surface area contributed by atoms with Crippen molar-refractivity contribution in [3.8, 4) is 0 Å². The molecular formula is C21H19Cl2N3OS. The van der Waals surface area contributed by atoms with Crippen LogP contribution >= 0.6 is 35.0 Å². The lowest BCUT2D eigenvalue weighted by atomic mass is 10.2. The molecule has 2 aromatic carbocycles. The summed E-state index contributed by atoms with van der Waals surface area (Å²) in [4.78, 5) is 9.92. The number of hydrogen-bond acceptors (Lipinski definition) is 4. The van der Waals surface area contributed by atoms with Crippen LogP contribution in [0.1, 0.15) is 16.8 Å². The van der Waals surface area contributed by atoms with Crippen LogP contribution in [0.4, 0.5) is 0 Å². The summed E-state index contributed by atoms with van der Waals surface area (Å²) in [5.74, 6) is 0.786. The number of halogens is 2. The number of oxime groups is 1. The number of hydrogen-bond donors (Lipinski definition) is 0. The van der Waals surface area contributed by atoms with E-state index in [-0.39, 0.29) is 6.61 Å². The van der Waals surface area contributed by atoms with Gasteiger partial charge in [-0.15, -0.1) is 6.58 Å². The lowest BCUT2D eigenvalue weighted by Gasteiger charge is -2.09. The van der Waals surface area contributed by atoms with Gasteiger partial charge in [0.2, 0.25) is 0 Å². The van der Waals surface area contributed by atoms with E-state index in [1.54, 1.807) is 36.3 Å². The topological polar surface area (TPSA) is 39.4 Å². The smallest absolute Gasteiger partial charge is 0.169 e. The van der Waals surface area contributed by atoms with Crippen molar-refractivity contribution in [2.45, 2.75) is 18.3 Å². The lowest BCUT2D eigenvalue weighted by Crippen LogP contribution is -2.06. The molecule has 0 spiro atoms. The Kier molecular flexibility index (Phi) is 7.60. The van der Waals surface area contributed by atoms with Gasteiger partial charge in [0.1, 0.15) is 6.61 Å². The number of rotatable bonds is 9. The summed E-state index contributed by atoms with van der Waals surface area (Å²) in [5.41, 5.74) is 2.87. The maximum atomic E-state index is 6.15. The van der Waals surface area contributed by atoms with E-state index in [9.17, 15) is 0 Å². The molecule has 0 fully saturated rings. The standard InChI is InChI=1S/C21H19Cl2N3OS/c1-2-10-28-21-24-12-19(26(21)14-16-6-4-3-5-7-16)13-25-27-15-17-8-9-18(22)11-20(17)23/h2-9,11-13H,1,10,14-15H2.